The van der Waals surface area contributed by atoms with Crippen LogP contribution in [0, 0.1) is 0 Å². The first-order chi connectivity index (χ1) is 3.15. The summed E-state index contributed by atoms with van der Waals surface area (Å²) in [5, 5.41) is 2.75. The predicted molar refractivity (Wildman–Crippen MR) is 39.7 cm³/mol. The van der Waals surface area contributed by atoms with Crippen molar-refractivity contribution in [1.29, 1.82) is 0 Å². The van der Waals surface area contributed by atoms with Crippen molar-refractivity contribution in [3.05, 3.63) is 0 Å². The predicted octanol–water partition coefficient (Wildman–Crippen LogP) is 0.938. The molecule has 0 atom stereocenters. The van der Waals surface area contributed by atoms with Crippen LogP contribution in [0.25, 0.3) is 0 Å². The van der Waals surface area contributed by atoms with E-state index in [0.29, 0.717) is 0 Å². The molecule has 0 aromatic heterocycles. The van der Waals surface area contributed by atoms with Crippen LogP contribution in [0.1, 0.15) is 0 Å². The summed E-state index contributed by atoms with van der Waals surface area (Å²) in [7, 11) is 3.75. The molecule has 7 heavy (non-hydrogen) atoms. The van der Waals surface area contributed by atoms with Crippen LogP contribution in [-0.2, 0) is 0 Å². The molecule has 0 fully saturated rings. The van der Waals surface area contributed by atoms with E-state index in [1.807, 2.05) is 14.1 Å². The zero-order valence-corrected chi connectivity index (χ0v) is 9.37. The zero-order chi connectivity index (χ0) is 6.28. The fraction of sp³-hybridized carbons (Fsp3) is 1.00. The van der Waals surface area contributed by atoms with Crippen molar-refractivity contribution in [2.75, 3.05) is 14.1 Å². The number of hydrogen-bond acceptors (Lipinski definition) is 1. The maximum absolute atomic E-state index is 2.75. The van der Waals surface area contributed by atoms with E-state index in [9.17, 15) is 0 Å². The molecular formula is C5H17NSn. The number of rotatable bonds is 0. The molecule has 0 radical (unpaired) electrons. The van der Waals surface area contributed by atoms with Crippen molar-refractivity contribution in [3.8, 4) is 0 Å². The SMILES string of the molecule is CNC.[CH3][SnH]([CH3])[CH3]. The third kappa shape index (κ3) is 266. The molecule has 0 unspecified atom stereocenters. The average Bonchev–Trinajstić information content (AvgIpc) is 1.33. The monoisotopic (exact) mass is 211 g/mol. The van der Waals surface area contributed by atoms with E-state index >= 15 is 0 Å². The van der Waals surface area contributed by atoms with Crippen LogP contribution in [0.4, 0.5) is 0 Å². The Balaban J connectivity index is 0. The Morgan fingerprint density at radius 2 is 1.00 bits per heavy atom. The van der Waals surface area contributed by atoms with Crippen molar-refractivity contribution in [2.24, 2.45) is 0 Å². The maximum atomic E-state index is 2.75. The van der Waals surface area contributed by atoms with Gasteiger partial charge in [0.1, 0.15) is 0 Å². The fourth-order valence-corrected chi connectivity index (χ4v) is 0. The molecule has 2 heteroatoms. The van der Waals surface area contributed by atoms with Crippen molar-refractivity contribution in [3.63, 3.8) is 0 Å². The molecule has 0 aromatic carbocycles. The first kappa shape index (κ1) is 10.7. The Bertz CT molecular complexity index is 19.3. The van der Waals surface area contributed by atoms with Crippen molar-refractivity contribution in [1.82, 2.24) is 5.32 Å². The normalized spacial score (nSPS) is 7.71. The van der Waals surface area contributed by atoms with Gasteiger partial charge in [-0.25, -0.2) is 0 Å². The molecule has 0 rings (SSSR count). The summed E-state index contributed by atoms with van der Waals surface area (Å²) in [6.45, 7) is 0. The van der Waals surface area contributed by atoms with Crippen LogP contribution in [0.5, 0.6) is 0 Å². The summed E-state index contributed by atoms with van der Waals surface area (Å²) in [6, 6.07) is 0. The summed E-state index contributed by atoms with van der Waals surface area (Å²) in [5.41, 5.74) is 0. The minimum atomic E-state index is -0.637. The van der Waals surface area contributed by atoms with Gasteiger partial charge in [0, 0.05) is 0 Å². The van der Waals surface area contributed by atoms with Crippen LogP contribution < -0.4 is 5.32 Å². The molecule has 0 saturated carbocycles. The third-order valence-corrected chi connectivity index (χ3v) is 0. The van der Waals surface area contributed by atoms with Gasteiger partial charge < -0.3 is 5.32 Å². The first-order valence-electron chi connectivity index (χ1n) is 2.73. The standard InChI is InChI=1S/C2H7N.3CH3.Sn.H/c1-3-2;;;;;/h3H,1-2H3;3*1H3;;. The van der Waals surface area contributed by atoms with Crippen LogP contribution in [0.15, 0.2) is 0 Å². The van der Waals surface area contributed by atoms with E-state index in [4.69, 9.17) is 0 Å². The summed E-state index contributed by atoms with van der Waals surface area (Å²) >= 11 is -0.637. The molecule has 0 aromatic rings. The number of nitrogens with one attached hydrogen (secondary N) is 1. The topological polar surface area (TPSA) is 12.0 Å². The number of hydrogen-bond donors (Lipinski definition) is 1. The quantitative estimate of drug-likeness (QED) is 0.586. The summed E-state index contributed by atoms with van der Waals surface area (Å²) in [4.78, 5) is 7.13. The molecule has 0 aliphatic heterocycles. The Kier molecular flexibility index (Phi) is 15.1. The van der Waals surface area contributed by atoms with Gasteiger partial charge in [-0.1, -0.05) is 0 Å². The van der Waals surface area contributed by atoms with Gasteiger partial charge in [-0.3, -0.25) is 0 Å². The van der Waals surface area contributed by atoms with Gasteiger partial charge in [0.2, 0.25) is 0 Å². The van der Waals surface area contributed by atoms with Gasteiger partial charge in [0.15, 0.2) is 0 Å². The first-order valence-corrected chi connectivity index (χ1v) is 12.6. The van der Waals surface area contributed by atoms with E-state index in [-0.39, 0.29) is 0 Å². The molecule has 0 amide bonds. The Hall–Kier alpha value is 0.759. The summed E-state index contributed by atoms with van der Waals surface area (Å²) < 4.78 is 0. The van der Waals surface area contributed by atoms with Gasteiger partial charge in [-0.2, -0.15) is 0 Å². The van der Waals surface area contributed by atoms with Gasteiger partial charge in [-0.05, 0) is 14.1 Å². The average molecular weight is 210 g/mol. The molecule has 46 valence electrons. The molecule has 0 bridgehead atoms. The van der Waals surface area contributed by atoms with E-state index in [2.05, 4.69) is 20.1 Å². The van der Waals surface area contributed by atoms with E-state index in [1.165, 1.54) is 0 Å². The molecule has 0 saturated heterocycles. The Labute approximate surface area is 54.2 Å². The Morgan fingerprint density at radius 1 is 1.00 bits per heavy atom. The van der Waals surface area contributed by atoms with E-state index in [1.54, 1.807) is 0 Å². The second kappa shape index (κ2) is 9.90. The van der Waals surface area contributed by atoms with Crippen molar-refractivity contribution in [2.45, 2.75) is 14.8 Å². The second-order valence-electron chi connectivity index (χ2n) is 2.23. The van der Waals surface area contributed by atoms with Crippen LogP contribution in [0.2, 0.25) is 14.8 Å². The minimum absolute atomic E-state index is 0.637. The van der Waals surface area contributed by atoms with Crippen molar-refractivity contribution < 1.29 is 0 Å². The zero-order valence-electron chi connectivity index (χ0n) is 6.08. The fourth-order valence-electron chi connectivity index (χ4n) is 0. The van der Waals surface area contributed by atoms with Gasteiger partial charge in [0.05, 0.1) is 0 Å². The Morgan fingerprint density at radius 3 is 1.00 bits per heavy atom. The van der Waals surface area contributed by atoms with Crippen LogP contribution >= 0.6 is 0 Å². The third-order valence-electron chi connectivity index (χ3n) is 0. The van der Waals surface area contributed by atoms with Crippen LogP contribution in [0.3, 0.4) is 0 Å². The molecule has 0 heterocycles. The molecule has 0 spiro atoms. The van der Waals surface area contributed by atoms with Crippen LogP contribution in [-0.4, -0.2) is 33.9 Å². The molecule has 0 aliphatic carbocycles. The second-order valence-corrected chi connectivity index (χ2v) is 12.1. The van der Waals surface area contributed by atoms with Gasteiger partial charge in [0.25, 0.3) is 0 Å². The van der Waals surface area contributed by atoms with Gasteiger partial charge >= 0.3 is 34.6 Å². The van der Waals surface area contributed by atoms with E-state index < -0.39 is 19.8 Å². The van der Waals surface area contributed by atoms with E-state index in [0.717, 1.165) is 0 Å². The summed E-state index contributed by atoms with van der Waals surface area (Å²) in [5.74, 6) is 0. The molecular weight excluding hydrogens is 193 g/mol. The van der Waals surface area contributed by atoms with Crippen molar-refractivity contribution >= 4 is 19.8 Å². The molecule has 0 aliphatic rings. The van der Waals surface area contributed by atoms with Gasteiger partial charge in [-0.15, -0.1) is 0 Å². The molecule has 1 N–H and O–H groups in total. The molecule has 1 nitrogen and oxygen atoms in total. The summed E-state index contributed by atoms with van der Waals surface area (Å²) in [6.07, 6.45) is 0.